The number of aryl methyl sites for hydroxylation is 2. The van der Waals surface area contributed by atoms with E-state index >= 15 is 0 Å². The fraction of sp³-hybridized carbons (Fsp3) is 0.611. The van der Waals surface area contributed by atoms with Crippen molar-refractivity contribution in [3.8, 4) is 0 Å². The average molecular weight is 431 g/mol. The van der Waals surface area contributed by atoms with Crippen LogP contribution in [0.1, 0.15) is 24.0 Å². The number of hydrogen-bond acceptors (Lipinski definition) is 5. The van der Waals surface area contributed by atoms with Crippen LogP contribution in [0.15, 0.2) is 24.8 Å². The second-order valence-electron chi connectivity index (χ2n) is 7.56. The quantitative estimate of drug-likeness (QED) is 0.787. The second kappa shape index (κ2) is 8.82. The van der Waals surface area contributed by atoms with Crippen molar-refractivity contribution in [1.29, 1.82) is 0 Å². The maximum absolute atomic E-state index is 13.3. The van der Waals surface area contributed by atoms with Crippen molar-refractivity contribution >= 4 is 30.7 Å². The van der Waals surface area contributed by atoms with E-state index in [2.05, 4.69) is 15.5 Å². The highest BCUT2D eigenvalue weighted by Gasteiger charge is 2.42. The molecule has 10 heteroatoms. The smallest absolute Gasteiger partial charge is 0.227 e. The monoisotopic (exact) mass is 430 g/mol. The molecule has 2 aliphatic heterocycles. The first-order valence-electron chi connectivity index (χ1n) is 9.07. The molecule has 156 valence electrons. The van der Waals surface area contributed by atoms with E-state index in [-0.39, 0.29) is 42.6 Å². The average Bonchev–Trinajstić information content (AvgIpc) is 3.34. The molecule has 3 atom stereocenters. The Kier molecular flexibility index (Phi) is 7.14. The Morgan fingerprint density at radius 2 is 1.89 bits per heavy atom. The highest BCUT2D eigenvalue weighted by Crippen LogP contribution is 2.33. The summed E-state index contributed by atoms with van der Waals surface area (Å²) < 4.78 is 9.61. The SMILES string of the molecule is Cl.Cl.Cn1cc([C@H]2CNC[C@@H]2C(=O)N2CCOC(C)(c3cnn(C)c3)C2)cn1. The van der Waals surface area contributed by atoms with E-state index < -0.39 is 5.60 Å². The first-order chi connectivity index (χ1) is 12.5. The summed E-state index contributed by atoms with van der Waals surface area (Å²) in [5, 5.41) is 11.9. The van der Waals surface area contributed by atoms with Gasteiger partial charge in [0, 0.05) is 57.6 Å². The van der Waals surface area contributed by atoms with Gasteiger partial charge in [0.2, 0.25) is 5.91 Å². The van der Waals surface area contributed by atoms with Crippen molar-refractivity contribution in [3.05, 3.63) is 35.9 Å². The number of morpholine rings is 1. The maximum Gasteiger partial charge on any atom is 0.227 e. The van der Waals surface area contributed by atoms with Gasteiger partial charge < -0.3 is 15.0 Å². The summed E-state index contributed by atoms with van der Waals surface area (Å²) in [7, 11) is 3.80. The molecule has 4 rings (SSSR count). The normalized spacial score (nSPS) is 27.2. The van der Waals surface area contributed by atoms with E-state index in [1.807, 2.05) is 50.7 Å². The van der Waals surface area contributed by atoms with Gasteiger partial charge in [-0.2, -0.15) is 10.2 Å². The van der Waals surface area contributed by atoms with E-state index in [0.29, 0.717) is 26.2 Å². The van der Waals surface area contributed by atoms with E-state index in [9.17, 15) is 4.79 Å². The van der Waals surface area contributed by atoms with Crippen molar-refractivity contribution in [2.75, 3.05) is 32.8 Å². The number of ether oxygens (including phenoxy) is 1. The lowest BCUT2D eigenvalue weighted by Gasteiger charge is -2.41. The molecule has 1 N–H and O–H groups in total. The number of amides is 1. The van der Waals surface area contributed by atoms with Crippen LogP contribution in [0.3, 0.4) is 0 Å². The number of nitrogens with zero attached hydrogens (tertiary/aromatic N) is 5. The van der Waals surface area contributed by atoms with Crippen molar-refractivity contribution in [1.82, 2.24) is 29.8 Å². The molecule has 8 nitrogen and oxygen atoms in total. The van der Waals surface area contributed by atoms with Crippen LogP contribution in [-0.4, -0.2) is 63.2 Å². The first-order valence-corrected chi connectivity index (χ1v) is 9.07. The molecule has 0 aliphatic carbocycles. The minimum Gasteiger partial charge on any atom is -0.367 e. The van der Waals surface area contributed by atoms with Crippen LogP contribution in [0.4, 0.5) is 0 Å². The Labute approximate surface area is 177 Å². The highest BCUT2D eigenvalue weighted by atomic mass is 35.5. The van der Waals surface area contributed by atoms with E-state index in [1.165, 1.54) is 0 Å². The largest absolute Gasteiger partial charge is 0.367 e. The Morgan fingerprint density at radius 3 is 2.54 bits per heavy atom. The third-order valence-corrected chi connectivity index (χ3v) is 5.59. The lowest BCUT2D eigenvalue weighted by Crippen LogP contribution is -2.52. The number of aromatic nitrogens is 4. The van der Waals surface area contributed by atoms with Crippen molar-refractivity contribution < 1.29 is 9.53 Å². The van der Waals surface area contributed by atoms with Gasteiger partial charge in [0.15, 0.2) is 0 Å². The van der Waals surface area contributed by atoms with Crippen molar-refractivity contribution in [3.63, 3.8) is 0 Å². The molecule has 0 saturated carbocycles. The van der Waals surface area contributed by atoms with Gasteiger partial charge in [-0.15, -0.1) is 24.8 Å². The zero-order valence-electron chi connectivity index (χ0n) is 16.4. The standard InChI is InChI=1S/C18H26N6O2.2ClH/c1-18(14-7-21-23(3)11-14)12-24(4-5-26-18)17(25)16-9-19-8-15(16)13-6-20-22(2)10-13;;/h6-7,10-11,15-16,19H,4-5,8-9,12H2,1-3H3;2*1H/t15-,16+,18?;;/m1../s1. The maximum atomic E-state index is 13.3. The number of halogens is 2. The van der Waals surface area contributed by atoms with Gasteiger partial charge in [0.1, 0.15) is 5.60 Å². The molecule has 4 heterocycles. The minimum absolute atomic E-state index is 0. The van der Waals surface area contributed by atoms with Crippen LogP contribution < -0.4 is 5.32 Å². The number of hydrogen-bond donors (Lipinski definition) is 1. The Bertz CT molecular complexity index is 810. The fourth-order valence-corrected chi connectivity index (χ4v) is 4.08. The molecular formula is C18H28Cl2N6O2. The third-order valence-electron chi connectivity index (χ3n) is 5.59. The van der Waals surface area contributed by atoms with Gasteiger partial charge in [0.05, 0.1) is 31.5 Å². The summed E-state index contributed by atoms with van der Waals surface area (Å²) in [6, 6.07) is 0. The zero-order chi connectivity index (χ0) is 18.3. The van der Waals surface area contributed by atoms with Crippen LogP contribution in [0.25, 0.3) is 0 Å². The van der Waals surface area contributed by atoms with Crippen LogP contribution >= 0.6 is 24.8 Å². The summed E-state index contributed by atoms with van der Waals surface area (Å²) in [5.41, 5.74) is 1.61. The lowest BCUT2D eigenvalue weighted by molar-refractivity contribution is -0.153. The van der Waals surface area contributed by atoms with Gasteiger partial charge in [-0.25, -0.2) is 0 Å². The number of nitrogens with one attached hydrogen (secondary N) is 1. The molecular weight excluding hydrogens is 403 g/mol. The molecule has 1 amide bonds. The predicted molar refractivity (Wildman–Crippen MR) is 110 cm³/mol. The highest BCUT2D eigenvalue weighted by molar-refractivity contribution is 5.85. The fourth-order valence-electron chi connectivity index (χ4n) is 4.08. The third kappa shape index (κ3) is 4.20. The summed E-state index contributed by atoms with van der Waals surface area (Å²) in [6.45, 7) is 5.27. The molecule has 0 bridgehead atoms. The van der Waals surface area contributed by atoms with E-state index in [1.54, 1.807) is 9.36 Å². The van der Waals surface area contributed by atoms with Gasteiger partial charge in [-0.1, -0.05) is 0 Å². The Hall–Kier alpha value is -1.61. The van der Waals surface area contributed by atoms with Crippen molar-refractivity contribution in [2.24, 2.45) is 20.0 Å². The van der Waals surface area contributed by atoms with Gasteiger partial charge in [-0.05, 0) is 12.5 Å². The van der Waals surface area contributed by atoms with Gasteiger partial charge in [0.25, 0.3) is 0 Å². The topological polar surface area (TPSA) is 77.2 Å². The Balaban J connectivity index is 0.00000140. The van der Waals surface area contributed by atoms with E-state index in [4.69, 9.17) is 4.74 Å². The molecule has 2 aromatic rings. The van der Waals surface area contributed by atoms with Gasteiger partial charge >= 0.3 is 0 Å². The Morgan fingerprint density at radius 1 is 1.18 bits per heavy atom. The van der Waals surface area contributed by atoms with Crippen LogP contribution in [0.2, 0.25) is 0 Å². The molecule has 1 unspecified atom stereocenters. The molecule has 0 radical (unpaired) electrons. The molecule has 2 aromatic heterocycles. The van der Waals surface area contributed by atoms with Gasteiger partial charge in [-0.3, -0.25) is 14.2 Å². The molecule has 0 aromatic carbocycles. The molecule has 2 saturated heterocycles. The first kappa shape index (κ1) is 22.7. The summed E-state index contributed by atoms with van der Waals surface area (Å²) in [6.07, 6.45) is 7.67. The lowest BCUT2D eigenvalue weighted by atomic mass is 9.88. The zero-order valence-corrected chi connectivity index (χ0v) is 18.0. The molecule has 28 heavy (non-hydrogen) atoms. The number of carbonyl (C=O) groups is 1. The number of carbonyl (C=O) groups excluding carboxylic acids is 1. The van der Waals surface area contributed by atoms with E-state index in [0.717, 1.165) is 17.7 Å². The summed E-state index contributed by atoms with van der Waals surface area (Å²) in [4.78, 5) is 15.3. The summed E-state index contributed by atoms with van der Waals surface area (Å²) >= 11 is 0. The van der Waals surface area contributed by atoms with Crippen LogP contribution in [0, 0.1) is 5.92 Å². The van der Waals surface area contributed by atoms with Crippen LogP contribution in [-0.2, 0) is 29.2 Å². The van der Waals surface area contributed by atoms with Crippen molar-refractivity contribution in [2.45, 2.75) is 18.4 Å². The predicted octanol–water partition coefficient (Wildman–Crippen LogP) is 1.07. The second-order valence-corrected chi connectivity index (χ2v) is 7.56. The van der Waals surface area contributed by atoms with Crippen LogP contribution in [0.5, 0.6) is 0 Å². The minimum atomic E-state index is -0.516. The molecule has 0 spiro atoms. The molecule has 2 aliphatic rings. The molecule has 2 fully saturated rings. The number of rotatable bonds is 3. The summed E-state index contributed by atoms with van der Waals surface area (Å²) in [5.74, 6) is 0.307.